The monoisotopic (exact) mass is 384 g/mol. The third-order valence-corrected chi connectivity index (χ3v) is 4.81. The smallest absolute Gasteiger partial charge is 0.119 e. The van der Waals surface area contributed by atoms with Gasteiger partial charge in [-0.25, -0.2) is 0 Å². The molecule has 146 valence electrons. The largest absolute Gasteiger partial charge is 0.490 e. The van der Waals surface area contributed by atoms with Crippen molar-refractivity contribution >= 4 is 24.0 Å². The van der Waals surface area contributed by atoms with Gasteiger partial charge in [-0.15, -0.1) is 0 Å². The molecular formula is C23H32N2OS. The molecule has 0 spiro atoms. The molecular weight excluding hydrogens is 352 g/mol. The fraction of sp³-hybridized carbons (Fsp3) is 0.478. The molecule has 0 fully saturated rings. The van der Waals surface area contributed by atoms with E-state index in [1.165, 1.54) is 32.1 Å². The number of thiol groups is 1. The van der Waals surface area contributed by atoms with E-state index in [-0.39, 0.29) is 6.10 Å². The highest BCUT2D eigenvalue weighted by Gasteiger charge is 2.10. The summed E-state index contributed by atoms with van der Waals surface area (Å²) in [5, 5.41) is 8.53. The van der Waals surface area contributed by atoms with E-state index in [0.717, 1.165) is 42.1 Å². The number of azo groups is 1. The first-order valence-electron chi connectivity index (χ1n) is 10.2. The third-order valence-electron chi connectivity index (χ3n) is 4.49. The van der Waals surface area contributed by atoms with Crippen molar-refractivity contribution in [3.63, 3.8) is 0 Å². The maximum absolute atomic E-state index is 6.23. The van der Waals surface area contributed by atoms with Crippen LogP contribution in [0.3, 0.4) is 0 Å². The van der Waals surface area contributed by atoms with E-state index in [2.05, 4.69) is 29.8 Å². The van der Waals surface area contributed by atoms with Crippen molar-refractivity contribution < 1.29 is 4.74 Å². The van der Waals surface area contributed by atoms with Gasteiger partial charge in [0.15, 0.2) is 0 Å². The second-order valence-corrected chi connectivity index (χ2v) is 7.29. The molecule has 4 heteroatoms. The van der Waals surface area contributed by atoms with E-state index in [1.54, 1.807) is 0 Å². The van der Waals surface area contributed by atoms with Crippen LogP contribution in [0.15, 0.2) is 64.8 Å². The zero-order valence-corrected chi connectivity index (χ0v) is 17.3. The number of nitrogens with zero attached hydrogens (tertiary/aromatic N) is 2. The van der Waals surface area contributed by atoms with Crippen molar-refractivity contribution in [2.45, 2.75) is 64.4 Å². The summed E-state index contributed by atoms with van der Waals surface area (Å²) in [6.45, 7) is 2.25. The summed E-state index contributed by atoms with van der Waals surface area (Å²) in [7, 11) is 0. The molecule has 2 aromatic rings. The molecule has 0 N–H and O–H groups in total. The van der Waals surface area contributed by atoms with E-state index in [1.807, 2.05) is 54.6 Å². The minimum Gasteiger partial charge on any atom is -0.490 e. The van der Waals surface area contributed by atoms with Crippen LogP contribution in [0.25, 0.3) is 0 Å². The lowest BCUT2D eigenvalue weighted by molar-refractivity contribution is 0.176. The maximum Gasteiger partial charge on any atom is 0.119 e. The Morgan fingerprint density at radius 3 is 2.07 bits per heavy atom. The number of rotatable bonds is 13. The topological polar surface area (TPSA) is 34.0 Å². The summed E-state index contributed by atoms with van der Waals surface area (Å²) in [5.74, 6) is 1.82. The van der Waals surface area contributed by atoms with Gasteiger partial charge in [-0.05, 0) is 67.8 Å². The van der Waals surface area contributed by atoms with Crippen molar-refractivity contribution in [3.05, 3.63) is 54.6 Å². The Hall–Kier alpha value is -1.81. The highest BCUT2D eigenvalue weighted by Crippen LogP contribution is 2.24. The number of benzene rings is 2. The molecule has 0 radical (unpaired) electrons. The van der Waals surface area contributed by atoms with Crippen LogP contribution in [-0.4, -0.2) is 11.9 Å². The fourth-order valence-corrected chi connectivity index (χ4v) is 3.13. The van der Waals surface area contributed by atoms with Crippen LogP contribution in [0.2, 0.25) is 0 Å². The van der Waals surface area contributed by atoms with Crippen molar-refractivity contribution in [3.8, 4) is 5.75 Å². The molecule has 0 saturated carbocycles. The lowest BCUT2D eigenvalue weighted by Gasteiger charge is -2.19. The van der Waals surface area contributed by atoms with Crippen molar-refractivity contribution in [2.24, 2.45) is 10.2 Å². The van der Waals surface area contributed by atoms with E-state index in [9.17, 15) is 0 Å². The summed E-state index contributed by atoms with van der Waals surface area (Å²) < 4.78 is 6.23. The van der Waals surface area contributed by atoms with Crippen LogP contribution in [0, 0.1) is 0 Å². The Kier molecular flexibility index (Phi) is 10.6. The molecule has 3 nitrogen and oxygen atoms in total. The second kappa shape index (κ2) is 13.4. The van der Waals surface area contributed by atoms with E-state index in [4.69, 9.17) is 4.74 Å². The molecule has 2 rings (SSSR count). The van der Waals surface area contributed by atoms with Crippen molar-refractivity contribution in [1.82, 2.24) is 0 Å². The molecule has 0 amide bonds. The summed E-state index contributed by atoms with van der Waals surface area (Å²) in [6, 6.07) is 17.7. The highest BCUT2D eigenvalue weighted by atomic mass is 32.1. The number of unbranched alkanes of at least 4 members (excludes halogenated alkanes) is 4. The van der Waals surface area contributed by atoms with Crippen LogP contribution in [0.4, 0.5) is 11.4 Å². The SMILES string of the molecule is CCCCCCCC(CCCS)Oc1ccc(N=Nc2ccccc2)cc1. The van der Waals surface area contributed by atoms with Crippen LogP contribution in [-0.2, 0) is 0 Å². The van der Waals surface area contributed by atoms with Gasteiger partial charge in [-0.1, -0.05) is 50.8 Å². The number of hydrogen-bond acceptors (Lipinski definition) is 4. The Labute approximate surface area is 169 Å². The minimum absolute atomic E-state index is 0.274. The number of hydrogen-bond donors (Lipinski definition) is 1. The quantitative estimate of drug-likeness (QED) is 0.212. The average Bonchev–Trinajstić information content (AvgIpc) is 2.72. The van der Waals surface area contributed by atoms with Gasteiger partial charge in [0.2, 0.25) is 0 Å². The summed E-state index contributed by atoms with van der Waals surface area (Å²) in [5.41, 5.74) is 1.69. The van der Waals surface area contributed by atoms with Gasteiger partial charge < -0.3 is 4.74 Å². The predicted octanol–water partition coefficient (Wildman–Crippen LogP) is 7.92. The normalized spacial score (nSPS) is 12.4. The zero-order chi connectivity index (χ0) is 19.2. The molecule has 0 bridgehead atoms. The Bertz CT molecular complexity index is 643. The molecule has 2 aromatic carbocycles. The molecule has 27 heavy (non-hydrogen) atoms. The summed E-state index contributed by atoms with van der Waals surface area (Å²) >= 11 is 4.35. The Morgan fingerprint density at radius 1 is 0.778 bits per heavy atom. The fourth-order valence-electron chi connectivity index (χ4n) is 2.95. The first-order valence-corrected chi connectivity index (χ1v) is 10.8. The summed E-state index contributed by atoms with van der Waals surface area (Å²) in [4.78, 5) is 0. The minimum atomic E-state index is 0.274. The van der Waals surface area contributed by atoms with Crippen molar-refractivity contribution in [2.75, 3.05) is 5.75 Å². The molecule has 0 aliphatic carbocycles. The first-order chi connectivity index (χ1) is 13.3. The molecule has 0 aromatic heterocycles. The van der Waals surface area contributed by atoms with Gasteiger partial charge in [0.25, 0.3) is 0 Å². The van der Waals surface area contributed by atoms with Gasteiger partial charge in [0.1, 0.15) is 5.75 Å². The first kappa shape index (κ1) is 21.5. The van der Waals surface area contributed by atoms with Gasteiger partial charge in [0.05, 0.1) is 17.5 Å². The van der Waals surface area contributed by atoms with E-state index < -0.39 is 0 Å². The van der Waals surface area contributed by atoms with E-state index >= 15 is 0 Å². The standard InChI is InChI=1S/C23H32N2OS/c1-2-3-4-5-9-13-22(14-10-19-27)26-23-17-15-21(16-18-23)25-24-20-11-7-6-8-12-20/h6-8,11-12,15-18,22,27H,2-5,9-10,13-14,19H2,1H3. The summed E-state index contributed by atoms with van der Waals surface area (Å²) in [6.07, 6.45) is 10.0. The van der Waals surface area contributed by atoms with Gasteiger partial charge in [-0.3, -0.25) is 0 Å². The molecule has 0 aliphatic heterocycles. The van der Waals surface area contributed by atoms with E-state index in [0.29, 0.717) is 0 Å². The lowest BCUT2D eigenvalue weighted by Crippen LogP contribution is -2.16. The van der Waals surface area contributed by atoms with Crippen LogP contribution >= 0.6 is 12.6 Å². The maximum atomic E-state index is 6.23. The molecule has 0 heterocycles. The average molecular weight is 385 g/mol. The van der Waals surface area contributed by atoms with Crippen LogP contribution < -0.4 is 4.74 Å². The van der Waals surface area contributed by atoms with Gasteiger partial charge in [0, 0.05) is 0 Å². The lowest BCUT2D eigenvalue weighted by atomic mass is 10.0. The number of ether oxygens (including phenoxy) is 1. The van der Waals surface area contributed by atoms with Crippen LogP contribution in [0.1, 0.15) is 58.3 Å². The Balaban J connectivity index is 1.85. The highest BCUT2D eigenvalue weighted by molar-refractivity contribution is 7.80. The molecule has 1 unspecified atom stereocenters. The van der Waals surface area contributed by atoms with Crippen LogP contribution in [0.5, 0.6) is 5.75 Å². The molecule has 0 aliphatic rings. The van der Waals surface area contributed by atoms with Gasteiger partial charge in [-0.2, -0.15) is 22.9 Å². The predicted molar refractivity (Wildman–Crippen MR) is 118 cm³/mol. The Morgan fingerprint density at radius 2 is 1.41 bits per heavy atom. The van der Waals surface area contributed by atoms with Gasteiger partial charge >= 0.3 is 0 Å². The molecule has 1 atom stereocenters. The second-order valence-electron chi connectivity index (χ2n) is 6.84. The molecule has 0 saturated heterocycles. The third kappa shape index (κ3) is 9.09. The zero-order valence-electron chi connectivity index (χ0n) is 16.4. The van der Waals surface area contributed by atoms with Crippen molar-refractivity contribution in [1.29, 1.82) is 0 Å².